The lowest BCUT2D eigenvalue weighted by Gasteiger charge is -2.27. The summed E-state index contributed by atoms with van der Waals surface area (Å²) in [6, 6.07) is 0. The fourth-order valence-electron chi connectivity index (χ4n) is 3.10. The largest absolute Gasteiger partial charge is 0.342 e. The van der Waals surface area contributed by atoms with Crippen molar-refractivity contribution >= 4 is 16.1 Å². The number of amides is 1. The number of likely N-dealkylation sites (tertiary alicyclic amines) is 1. The van der Waals surface area contributed by atoms with Crippen molar-refractivity contribution in [1.82, 2.24) is 4.90 Å². The quantitative estimate of drug-likeness (QED) is 0.735. The summed E-state index contributed by atoms with van der Waals surface area (Å²) in [6.45, 7) is 1.13. The van der Waals surface area contributed by atoms with E-state index < -0.39 is 16.0 Å². The average Bonchev–Trinajstić information content (AvgIpc) is 2.58. The zero-order chi connectivity index (χ0) is 13.2. The Morgan fingerprint density at radius 1 is 1.17 bits per heavy atom. The van der Waals surface area contributed by atoms with E-state index in [9.17, 15) is 17.1 Å². The van der Waals surface area contributed by atoms with E-state index in [1.54, 1.807) is 4.90 Å². The molecular weight excluding hydrogens is 257 g/mol. The Bertz CT molecular complexity index is 404. The van der Waals surface area contributed by atoms with Crippen molar-refractivity contribution in [3.8, 4) is 0 Å². The van der Waals surface area contributed by atoms with Crippen molar-refractivity contribution in [3.63, 3.8) is 0 Å². The van der Waals surface area contributed by atoms with E-state index in [0.717, 1.165) is 19.4 Å². The van der Waals surface area contributed by atoms with Gasteiger partial charge in [0.2, 0.25) is 5.91 Å². The molecule has 4 nitrogen and oxygen atoms in total. The highest BCUT2D eigenvalue weighted by atomic mass is 32.3. The Balaban J connectivity index is 1.85. The molecule has 1 heterocycles. The summed E-state index contributed by atoms with van der Waals surface area (Å²) in [6.07, 6.45) is 6.18. The molecule has 1 aliphatic heterocycles. The van der Waals surface area contributed by atoms with Crippen molar-refractivity contribution in [1.29, 1.82) is 0 Å². The minimum Gasteiger partial charge on any atom is -0.342 e. The molecule has 0 aromatic heterocycles. The van der Waals surface area contributed by atoms with Gasteiger partial charge in [-0.1, -0.05) is 19.3 Å². The third-order valence-electron chi connectivity index (χ3n) is 3.93. The van der Waals surface area contributed by atoms with E-state index in [2.05, 4.69) is 0 Å². The number of carbonyl (C=O) groups is 1. The molecule has 0 bridgehead atoms. The molecule has 1 saturated heterocycles. The van der Waals surface area contributed by atoms with Crippen LogP contribution in [0.1, 0.15) is 38.5 Å². The first-order chi connectivity index (χ1) is 8.44. The molecule has 0 N–H and O–H groups in total. The summed E-state index contributed by atoms with van der Waals surface area (Å²) in [5.41, 5.74) is 0. The van der Waals surface area contributed by atoms with Crippen LogP contribution in [0.5, 0.6) is 0 Å². The van der Waals surface area contributed by atoms with Gasteiger partial charge in [0.05, 0.1) is 5.75 Å². The highest BCUT2D eigenvalue weighted by Gasteiger charge is 2.33. The highest BCUT2D eigenvalue weighted by molar-refractivity contribution is 7.86. The summed E-state index contributed by atoms with van der Waals surface area (Å²) in [4.78, 5) is 13.5. The smallest absolute Gasteiger partial charge is 0.302 e. The van der Waals surface area contributed by atoms with Gasteiger partial charge in [-0.15, -0.1) is 3.89 Å². The summed E-state index contributed by atoms with van der Waals surface area (Å²) in [7, 11) is -4.47. The lowest BCUT2D eigenvalue weighted by Crippen LogP contribution is -2.32. The van der Waals surface area contributed by atoms with Crippen LogP contribution in [0.3, 0.4) is 0 Å². The summed E-state index contributed by atoms with van der Waals surface area (Å²) in [5.74, 6) is -0.353. The molecule has 2 fully saturated rings. The van der Waals surface area contributed by atoms with Crippen LogP contribution < -0.4 is 0 Å². The second kappa shape index (κ2) is 5.55. The molecule has 6 heteroatoms. The maximum absolute atomic E-state index is 12.6. The summed E-state index contributed by atoms with van der Waals surface area (Å²) in [5, 5.41) is 0. The Hall–Kier alpha value is -0.650. The summed E-state index contributed by atoms with van der Waals surface area (Å²) < 4.78 is 33.8. The predicted molar refractivity (Wildman–Crippen MR) is 66.2 cm³/mol. The monoisotopic (exact) mass is 277 g/mol. The zero-order valence-corrected chi connectivity index (χ0v) is 11.3. The van der Waals surface area contributed by atoms with Crippen molar-refractivity contribution in [2.45, 2.75) is 38.5 Å². The molecule has 1 amide bonds. The molecule has 1 atom stereocenters. The van der Waals surface area contributed by atoms with E-state index in [-0.39, 0.29) is 18.2 Å². The van der Waals surface area contributed by atoms with E-state index >= 15 is 0 Å². The number of rotatable bonds is 4. The van der Waals surface area contributed by atoms with Crippen LogP contribution >= 0.6 is 0 Å². The predicted octanol–water partition coefficient (Wildman–Crippen LogP) is 1.71. The molecule has 0 radical (unpaired) electrons. The van der Waals surface area contributed by atoms with Crippen molar-refractivity contribution in [2.24, 2.45) is 11.8 Å². The van der Waals surface area contributed by atoms with Crippen LogP contribution in [0.25, 0.3) is 0 Å². The van der Waals surface area contributed by atoms with Crippen LogP contribution in [-0.2, 0) is 15.0 Å². The Kier molecular flexibility index (Phi) is 4.25. The second-order valence-electron chi connectivity index (χ2n) is 5.58. The van der Waals surface area contributed by atoms with Gasteiger partial charge in [-0.25, -0.2) is 0 Å². The lowest BCUT2D eigenvalue weighted by atomic mass is 9.89. The topological polar surface area (TPSA) is 54.5 Å². The molecule has 2 rings (SSSR count). The number of hydrogen-bond donors (Lipinski definition) is 0. The molecule has 0 spiro atoms. The lowest BCUT2D eigenvalue weighted by molar-refractivity contribution is -0.128. The Labute approximate surface area is 108 Å². The molecule has 0 aromatic rings. The Morgan fingerprint density at radius 3 is 2.44 bits per heavy atom. The Morgan fingerprint density at radius 2 is 1.83 bits per heavy atom. The fourth-order valence-corrected chi connectivity index (χ4v) is 3.89. The summed E-state index contributed by atoms with van der Waals surface area (Å²) >= 11 is 0. The van der Waals surface area contributed by atoms with E-state index in [4.69, 9.17) is 0 Å². The van der Waals surface area contributed by atoms with E-state index in [0.29, 0.717) is 12.5 Å². The third-order valence-corrected chi connectivity index (χ3v) is 4.80. The van der Waals surface area contributed by atoms with Gasteiger partial charge in [-0.05, 0) is 18.8 Å². The fraction of sp³-hybridized carbons (Fsp3) is 0.917. The maximum Gasteiger partial charge on any atom is 0.302 e. The van der Waals surface area contributed by atoms with Crippen molar-refractivity contribution in [3.05, 3.63) is 0 Å². The molecule has 2 aliphatic rings. The van der Waals surface area contributed by atoms with E-state index in [1.807, 2.05) is 0 Å². The van der Waals surface area contributed by atoms with Gasteiger partial charge in [0.15, 0.2) is 0 Å². The molecule has 1 unspecified atom stereocenters. The minimum atomic E-state index is -4.47. The normalized spacial score (nSPS) is 26.8. The standard InChI is InChI=1S/C12H20FNO3S/c13-18(16,17)9-11-6-12(15)14(8-11)7-10-4-2-1-3-5-10/h10-11H,1-9H2. The van der Waals surface area contributed by atoms with Gasteiger partial charge < -0.3 is 4.90 Å². The molecule has 18 heavy (non-hydrogen) atoms. The van der Waals surface area contributed by atoms with Crippen molar-refractivity contribution < 1.29 is 17.1 Å². The number of carbonyl (C=O) groups excluding carboxylic acids is 1. The van der Waals surface area contributed by atoms with Gasteiger partial charge in [-0.3, -0.25) is 4.79 Å². The maximum atomic E-state index is 12.6. The third kappa shape index (κ3) is 3.93. The first kappa shape index (κ1) is 13.8. The van der Waals surface area contributed by atoms with Gasteiger partial charge >= 0.3 is 10.2 Å². The van der Waals surface area contributed by atoms with Crippen LogP contribution in [0.4, 0.5) is 3.89 Å². The SMILES string of the molecule is O=C1CC(CS(=O)(=O)F)CN1CC1CCCCC1. The first-order valence-corrected chi connectivity index (χ1v) is 8.19. The molecule has 0 aromatic carbocycles. The van der Waals surface area contributed by atoms with Crippen molar-refractivity contribution in [2.75, 3.05) is 18.8 Å². The first-order valence-electron chi connectivity index (χ1n) is 6.64. The van der Waals surface area contributed by atoms with Gasteiger partial charge in [0.1, 0.15) is 0 Å². The minimum absolute atomic E-state index is 0.0192. The number of nitrogens with zero attached hydrogens (tertiary/aromatic N) is 1. The van der Waals surface area contributed by atoms with Gasteiger partial charge in [-0.2, -0.15) is 8.42 Å². The molecule has 1 aliphatic carbocycles. The van der Waals surface area contributed by atoms with Crippen LogP contribution in [0.15, 0.2) is 0 Å². The average molecular weight is 277 g/mol. The van der Waals surface area contributed by atoms with Crippen LogP contribution in [0.2, 0.25) is 0 Å². The molecular formula is C12H20FNO3S. The van der Waals surface area contributed by atoms with Gasteiger partial charge in [0, 0.05) is 25.4 Å². The van der Waals surface area contributed by atoms with Gasteiger partial charge in [0.25, 0.3) is 0 Å². The highest BCUT2D eigenvalue weighted by Crippen LogP contribution is 2.27. The van der Waals surface area contributed by atoms with Crippen LogP contribution in [0, 0.1) is 11.8 Å². The van der Waals surface area contributed by atoms with Crippen LogP contribution in [-0.4, -0.2) is 38.1 Å². The number of halogens is 1. The number of hydrogen-bond acceptors (Lipinski definition) is 3. The van der Waals surface area contributed by atoms with E-state index in [1.165, 1.54) is 19.3 Å². The zero-order valence-electron chi connectivity index (χ0n) is 10.5. The second-order valence-corrected chi connectivity index (χ2v) is 6.99. The molecule has 104 valence electrons. The molecule has 1 saturated carbocycles.